The molecule has 0 saturated carbocycles. The molecule has 2 nitrogen and oxygen atoms in total. The van der Waals surface area contributed by atoms with Crippen LogP contribution >= 0.6 is 15.9 Å². The minimum Gasteiger partial charge on any atom is -0.427 e. The first-order valence-electron chi connectivity index (χ1n) is 3.09. The van der Waals surface area contributed by atoms with Gasteiger partial charge in [-0.2, -0.15) is 0 Å². The van der Waals surface area contributed by atoms with Crippen LogP contribution in [0.1, 0.15) is 13.3 Å². The first-order chi connectivity index (χ1) is 4.16. The lowest BCUT2D eigenvalue weighted by Gasteiger charge is -2.06. The van der Waals surface area contributed by atoms with Crippen molar-refractivity contribution < 1.29 is 10.0 Å². The first-order valence-corrected chi connectivity index (χ1v) is 4.21. The molecule has 1 atom stereocenters. The van der Waals surface area contributed by atoms with Crippen LogP contribution in [0.5, 0.6) is 0 Å². The maximum absolute atomic E-state index is 8.49. The van der Waals surface area contributed by atoms with Crippen molar-refractivity contribution in [2.24, 2.45) is 5.92 Å². The summed E-state index contributed by atoms with van der Waals surface area (Å²) in [6, 6.07) is 0. The lowest BCUT2D eigenvalue weighted by atomic mass is 9.78. The molecule has 0 spiro atoms. The molecule has 0 aliphatic rings. The largest absolute Gasteiger partial charge is 0.451 e. The summed E-state index contributed by atoms with van der Waals surface area (Å²) in [6.45, 7) is 2.00. The molecule has 0 fully saturated rings. The lowest BCUT2D eigenvalue weighted by Crippen LogP contribution is -2.14. The zero-order chi connectivity index (χ0) is 7.28. The molecule has 2 N–H and O–H groups in total. The fraction of sp³-hybridized carbons (Fsp3) is 1.00. The maximum Gasteiger partial charge on any atom is 0.451 e. The lowest BCUT2D eigenvalue weighted by molar-refractivity contribution is 0.389. The van der Waals surface area contributed by atoms with E-state index in [1.54, 1.807) is 0 Å². The number of hydrogen-bond acceptors (Lipinski definition) is 2. The highest BCUT2D eigenvalue weighted by Crippen LogP contribution is 2.09. The molecule has 0 aromatic heterocycles. The molecular weight excluding hydrogens is 183 g/mol. The summed E-state index contributed by atoms with van der Waals surface area (Å²) < 4.78 is 0. The van der Waals surface area contributed by atoms with Gasteiger partial charge in [0.25, 0.3) is 0 Å². The first kappa shape index (κ1) is 9.46. The Morgan fingerprint density at radius 3 is 2.44 bits per heavy atom. The van der Waals surface area contributed by atoms with Gasteiger partial charge in [0.2, 0.25) is 0 Å². The third-order valence-electron chi connectivity index (χ3n) is 1.22. The summed E-state index contributed by atoms with van der Waals surface area (Å²) in [5.41, 5.74) is 0. The Morgan fingerprint density at radius 2 is 2.11 bits per heavy atom. The zero-order valence-corrected chi connectivity index (χ0v) is 7.13. The summed E-state index contributed by atoms with van der Waals surface area (Å²) in [6.07, 6.45) is 1.48. The quantitative estimate of drug-likeness (QED) is 0.516. The SMILES string of the molecule is CC(CCBr)CB(O)O. The maximum atomic E-state index is 8.49. The smallest absolute Gasteiger partial charge is 0.427 e. The van der Waals surface area contributed by atoms with Crippen molar-refractivity contribution in [3.63, 3.8) is 0 Å². The molecule has 0 heterocycles. The van der Waals surface area contributed by atoms with Crippen LogP contribution in [0.3, 0.4) is 0 Å². The van der Waals surface area contributed by atoms with E-state index in [4.69, 9.17) is 10.0 Å². The summed E-state index contributed by atoms with van der Waals surface area (Å²) in [4.78, 5) is 0. The van der Waals surface area contributed by atoms with Crippen molar-refractivity contribution in [2.75, 3.05) is 5.33 Å². The monoisotopic (exact) mass is 194 g/mol. The molecule has 0 rings (SSSR count). The van der Waals surface area contributed by atoms with Crippen molar-refractivity contribution in [3.8, 4) is 0 Å². The van der Waals surface area contributed by atoms with Crippen LogP contribution in [0, 0.1) is 5.92 Å². The van der Waals surface area contributed by atoms with Gasteiger partial charge < -0.3 is 10.0 Å². The molecule has 1 unspecified atom stereocenters. The molecule has 0 radical (unpaired) electrons. The molecule has 0 aromatic carbocycles. The van der Waals surface area contributed by atoms with Gasteiger partial charge in [-0.3, -0.25) is 0 Å². The second-order valence-electron chi connectivity index (χ2n) is 2.30. The predicted octanol–water partition coefficient (Wildman–Crippen LogP) is 0.880. The fourth-order valence-electron chi connectivity index (χ4n) is 0.664. The molecule has 54 valence electrons. The Hall–Kier alpha value is 0.465. The summed E-state index contributed by atoms with van der Waals surface area (Å²) >= 11 is 3.28. The second kappa shape index (κ2) is 5.27. The number of rotatable bonds is 4. The molecule has 0 bridgehead atoms. The fourth-order valence-corrected chi connectivity index (χ4v) is 1.45. The van der Waals surface area contributed by atoms with E-state index in [-0.39, 0.29) is 0 Å². The van der Waals surface area contributed by atoms with Crippen molar-refractivity contribution >= 4 is 23.0 Å². The Morgan fingerprint density at radius 1 is 1.56 bits per heavy atom. The Labute approximate surface area is 64.5 Å². The molecule has 4 heteroatoms. The van der Waals surface area contributed by atoms with Gasteiger partial charge in [0, 0.05) is 5.33 Å². The van der Waals surface area contributed by atoms with Gasteiger partial charge in [-0.25, -0.2) is 0 Å². The Balaban J connectivity index is 3.15. The van der Waals surface area contributed by atoms with Crippen LogP contribution in [-0.4, -0.2) is 22.5 Å². The molecule has 0 aromatic rings. The molecule has 9 heavy (non-hydrogen) atoms. The van der Waals surface area contributed by atoms with Crippen molar-refractivity contribution in [1.82, 2.24) is 0 Å². The van der Waals surface area contributed by atoms with Gasteiger partial charge in [-0.1, -0.05) is 22.9 Å². The topological polar surface area (TPSA) is 40.5 Å². The minimum absolute atomic E-state index is 0.393. The van der Waals surface area contributed by atoms with Crippen LogP contribution in [0.2, 0.25) is 6.32 Å². The van der Waals surface area contributed by atoms with Gasteiger partial charge in [0.1, 0.15) is 0 Å². The van der Waals surface area contributed by atoms with E-state index < -0.39 is 7.12 Å². The van der Waals surface area contributed by atoms with Crippen LogP contribution in [0.4, 0.5) is 0 Å². The van der Waals surface area contributed by atoms with E-state index >= 15 is 0 Å². The van der Waals surface area contributed by atoms with Crippen LogP contribution in [0.25, 0.3) is 0 Å². The second-order valence-corrected chi connectivity index (χ2v) is 3.09. The Bertz CT molecular complexity index is 70.0. The predicted molar refractivity (Wildman–Crippen MR) is 42.6 cm³/mol. The van der Waals surface area contributed by atoms with Gasteiger partial charge in [0.05, 0.1) is 0 Å². The molecule has 0 amide bonds. The third kappa shape index (κ3) is 6.35. The number of alkyl halides is 1. The normalized spacial score (nSPS) is 13.3. The number of halogens is 1. The van der Waals surface area contributed by atoms with Gasteiger partial charge in [0.15, 0.2) is 0 Å². The van der Waals surface area contributed by atoms with Crippen molar-refractivity contribution in [2.45, 2.75) is 19.7 Å². The van der Waals surface area contributed by atoms with E-state index in [0.29, 0.717) is 12.2 Å². The van der Waals surface area contributed by atoms with E-state index in [1.807, 2.05) is 6.92 Å². The highest BCUT2D eigenvalue weighted by atomic mass is 79.9. The van der Waals surface area contributed by atoms with Crippen LogP contribution in [-0.2, 0) is 0 Å². The zero-order valence-electron chi connectivity index (χ0n) is 5.55. The molecule has 0 saturated heterocycles. The highest BCUT2D eigenvalue weighted by molar-refractivity contribution is 9.09. The molecule has 0 aliphatic heterocycles. The van der Waals surface area contributed by atoms with E-state index in [9.17, 15) is 0 Å². The van der Waals surface area contributed by atoms with Crippen molar-refractivity contribution in [3.05, 3.63) is 0 Å². The van der Waals surface area contributed by atoms with Gasteiger partial charge in [-0.05, 0) is 18.7 Å². The van der Waals surface area contributed by atoms with Crippen LogP contribution < -0.4 is 0 Å². The molecule has 0 aliphatic carbocycles. The molecular formula is C5H12BBrO2. The van der Waals surface area contributed by atoms with E-state index in [1.165, 1.54) is 0 Å². The number of hydrogen-bond donors (Lipinski definition) is 2. The summed E-state index contributed by atoms with van der Waals surface area (Å²) in [5, 5.41) is 17.9. The highest BCUT2D eigenvalue weighted by Gasteiger charge is 2.11. The standard InChI is InChI=1S/C5H12BBrO2/c1-5(2-3-7)4-6(8)9/h5,8-9H,2-4H2,1H3. The average molecular weight is 195 g/mol. The van der Waals surface area contributed by atoms with Crippen molar-refractivity contribution in [1.29, 1.82) is 0 Å². The van der Waals surface area contributed by atoms with E-state index in [2.05, 4.69) is 15.9 Å². The summed E-state index contributed by atoms with van der Waals surface area (Å²) in [5.74, 6) is 0.393. The summed E-state index contributed by atoms with van der Waals surface area (Å²) in [7, 11) is -1.14. The van der Waals surface area contributed by atoms with Gasteiger partial charge >= 0.3 is 7.12 Å². The van der Waals surface area contributed by atoms with Crippen LogP contribution in [0.15, 0.2) is 0 Å². The minimum atomic E-state index is -1.14. The average Bonchev–Trinajstić information content (AvgIpc) is 1.63. The van der Waals surface area contributed by atoms with E-state index in [0.717, 1.165) is 11.8 Å². The Kier molecular flexibility index (Phi) is 5.54. The van der Waals surface area contributed by atoms with Gasteiger partial charge in [-0.15, -0.1) is 0 Å². The third-order valence-corrected chi connectivity index (χ3v) is 1.67.